The molecule has 0 saturated carbocycles. The van der Waals surface area contributed by atoms with Crippen molar-refractivity contribution in [2.24, 2.45) is 0 Å². The van der Waals surface area contributed by atoms with Crippen LogP contribution in [0.15, 0.2) is 18.2 Å². The maximum absolute atomic E-state index is 11.4. The molecule has 72 valence electrons. The minimum Gasteiger partial charge on any atom is -0.461 e. The van der Waals surface area contributed by atoms with Gasteiger partial charge in [-0.3, -0.25) is 9.36 Å². The number of hydrogen-bond donors (Lipinski definition) is 0. The van der Waals surface area contributed by atoms with E-state index in [1.807, 2.05) is 0 Å². The van der Waals surface area contributed by atoms with Crippen molar-refractivity contribution in [3.05, 3.63) is 29.6 Å². The summed E-state index contributed by atoms with van der Waals surface area (Å²) >= 11 is 0. The first-order valence-corrected chi connectivity index (χ1v) is 4.35. The molecule has 1 aliphatic rings. The average Bonchev–Trinajstić information content (AvgIpc) is 2.70. The summed E-state index contributed by atoms with van der Waals surface area (Å²) in [6.45, 7) is 2.03. The van der Waals surface area contributed by atoms with E-state index in [1.165, 1.54) is 10.6 Å². The molecule has 0 saturated heterocycles. The van der Waals surface area contributed by atoms with Gasteiger partial charge in [-0.25, -0.2) is 4.79 Å². The molecule has 4 nitrogen and oxygen atoms in total. The Morgan fingerprint density at radius 1 is 1.43 bits per heavy atom. The van der Waals surface area contributed by atoms with Gasteiger partial charge in [0.1, 0.15) is 5.69 Å². The van der Waals surface area contributed by atoms with Crippen LogP contribution in [0.25, 0.3) is 6.08 Å². The summed E-state index contributed by atoms with van der Waals surface area (Å²) < 4.78 is 6.17. The molecule has 2 rings (SSSR count). The van der Waals surface area contributed by atoms with Gasteiger partial charge in [0.15, 0.2) is 0 Å². The number of fused-ring (bicyclic) bond motifs is 1. The summed E-state index contributed by atoms with van der Waals surface area (Å²) in [6, 6.07) is 3.31. The van der Waals surface area contributed by atoms with Crippen molar-refractivity contribution in [1.82, 2.24) is 4.57 Å². The Hall–Kier alpha value is -1.84. The topological polar surface area (TPSA) is 48.3 Å². The van der Waals surface area contributed by atoms with E-state index in [0.717, 1.165) is 5.69 Å². The molecule has 0 aliphatic carbocycles. The van der Waals surface area contributed by atoms with Crippen LogP contribution >= 0.6 is 0 Å². The predicted molar refractivity (Wildman–Crippen MR) is 50.0 cm³/mol. The summed E-state index contributed by atoms with van der Waals surface area (Å²) in [7, 11) is 0. The summed E-state index contributed by atoms with van der Waals surface area (Å²) in [4.78, 5) is 22.7. The minimum absolute atomic E-state index is 0.201. The Balaban J connectivity index is 2.39. The van der Waals surface area contributed by atoms with Crippen molar-refractivity contribution in [2.75, 3.05) is 6.61 Å². The first-order chi connectivity index (χ1) is 6.74. The number of hydrogen-bond acceptors (Lipinski definition) is 3. The van der Waals surface area contributed by atoms with Crippen LogP contribution in [0.2, 0.25) is 0 Å². The van der Waals surface area contributed by atoms with E-state index in [9.17, 15) is 9.59 Å². The maximum Gasteiger partial charge on any atom is 0.355 e. The van der Waals surface area contributed by atoms with E-state index in [-0.39, 0.29) is 11.6 Å². The number of esters is 1. The van der Waals surface area contributed by atoms with E-state index in [4.69, 9.17) is 4.74 Å². The zero-order valence-electron chi connectivity index (χ0n) is 7.69. The molecule has 0 radical (unpaired) electrons. The van der Waals surface area contributed by atoms with Crippen LogP contribution in [0.4, 0.5) is 0 Å². The van der Waals surface area contributed by atoms with Gasteiger partial charge in [0.2, 0.25) is 0 Å². The van der Waals surface area contributed by atoms with Crippen molar-refractivity contribution >= 4 is 18.0 Å². The van der Waals surface area contributed by atoms with Crippen LogP contribution in [-0.2, 0) is 4.74 Å². The van der Waals surface area contributed by atoms with Crippen molar-refractivity contribution in [2.45, 2.75) is 6.92 Å². The smallest absolute Gasteiger partial charge is 0.355 e. The summed E-state index contributed by atoms with van der Waals surface area (Å²) in [6.07, 6.45) is 3.10. The average molecular weight is 191 g/mol. The minimum atomic E-state index is -0.462. The number of rotatable bonds is 2. The molecule has 0 N–H and O–H groups in total. The van der Waals surface area contributed by atoms with E-state index < -0.39 is 5.97 Å². The van der Waals surface area contributed by atoms with Crippen molar-refractivity contribution in [1.29, 1.82) is 0 Å². The number of carbonyl (C=O) groups excluding carboxylic acids is 2. The Kier molecular flexibility index (Phi) is 1.96. The van der Waals surface area contributed by atoms with Crippen molar-refractivity contribution in [3.63, 3.8) is 0 Å². The zero-order chi connectivity index (χ0) is 10.1. The predicted octanol–water partition coefficient (Wildman–Crippen LogP) is 1.33. The summed E-state index contributed by atoms with van der Waals surface area (Å²) in [5, 5.41) is 0. The largest absolute Gasteiger partial charge is 0.461 e. The highest BCUT2D eigenvalue weighted by molar-refractivity contribution is 6.04. The third-order valence-corrected chi connectivity index (χ3v) is 2.01. The van der Waals surface area contributed by atoms with Gasteiger partial charge in [0.05, 0.1) is 6.61 Å². The molecule has 1 aromatic rings. The molecule has 1 aromatic heterocycles. The fraction of sp³-hybridized carbons (Fsp3) is 0.200. The van der Waals surface area contributed by atoms with Crippen LogP contribution in [0.5, 0.6) is 0 Å². The van der Waals surface area contributed by atoms with Gasteiger partial charge in [-0.05, 0) is 25.1 Å². The van der Waals surface area contributed by atoms with E-state index >= 15 is 0 Å². The van der Waals surface area contributed by atoms with Gasteiger partial charge in [-0.1, -0.05) is 0 Å². The first-order valence-electron chi connectivity index (χ1n) is 4.35. The number of ether oxygens (including phenoxy) is 1. The summed E-state index contributed by atoms with van der Waals surface area (Å²) in [5.74, 6) is -0.663. The Morgan fingerprint density at radius 3 is 2.93 bits per heavy atom. The monoisotopic (exact) mass is 191 g/mol. The Bertz CT molecular complexity index is 429. The molecule has 0 unspecified atom stereocenters. The van der Waals surface area contributed by atoms with Gasteiger partial charge in [0.25, 0.3) is 5.91 Å². The molecule has 0 amide bonds. The number of aromatic nitrogens is 1. The molecule has 14 heavy (non-hydrogen) atoms. The second-order valence-electron chi connectivity index (χ2n) is 2.87. The molecule has 0 fully saturated rings. The zero-order valence-corrected chi connectivity index (χ0v) is 7.69. The van der Waals surface area contributed by atoms with Gasteiger partial charge in [-0.2, -0.15) is 0 Å². The van der Waals surface area contributed by atoms with Crippen LogP contribution in [0.3, 0.4) is 0 Å². The third-order valence-electron chi connectivity index (χ3n) is 2.01. The standard InChI is InChI=1S/C10H9NO3/c1-2-14-10(13)8-5-3-7-4-6-9(12)11(7)8/h3-6H,2H2,1H3. The van der Waals surface area contributed by atoms with Gasteiger partial charge in [0, 0.05) is 11.8 Å². The van der Waals surface area contributed by atoms with E-state index in [1.54, 1.807) is 25.1 Å². The number of carbonyl (C=O) groups is 2. The van der Waals surface area contributed by atoms with Crippen molar-refractivity contribution in [3.8, 4) is 0 Å². The first kappa shape index (κ1) is 8.74. The maximum atomic E-state index is 11.4. The lowest BCUT2D eigenvalue weighted by Crippen LogP contribution is -2.15. The molecule has 2 heterocycles. The Morgan fingerprint density at radius 2 is 2.21 bits per heavy atom. The quantitative estimate of drug-likeness (QED) is 0.662. The number of allylic oxidation sites excluding steroid dienone is 1. The molecule has 0 bridgehead atoms. The van der Waals surface area contributed by atoms with Crippen LogP contribution < -0.4 is 0 Å². The van der Waals surface area contributed by atoms with Crippen LogP contribution in [0.1, 0.15) is 27.9 Å². The number of nitrogens with zero attached hydrogens (tertiary/aromatic N) is 1. The highest BCUT2D eigenvalue weighted by Crippen LogP contribution is 2.17. The fourth-order valence-corrected chi connectivity index (χ4v) is 1.42. The SMILES string of the molecule is CCOC(=O)c1ccc2n1C(=O)C=C2. The highest BCUT2D eigenvalue weighted by Gasteiger charge is 2.21. The molecular weight excluding hydrogens is 182 g/mol. The second-order valence-corrected chi connectivity index (χ2v) is 2.87. The molecule has 0 atom stereocenters. The van der Waals surface area contributed by atoms with Crippen molar-refractivity contribution < 1.29 is 14.3 Å². The van der Waals surface area contributed by atoms with Crippen LogP contribution in [-0.4, -0.2) is 23.1 Å². The van der Waals surface area contributed by atoms with Gasteiger partial charge in [-0.15, -0.1) is 0 Å². The molecule has 4 heteroatoms. The lowest BCUT2D eigenvalue weighted by Gasteiger charge is -2.03. The Labute approximate surface area is 80.8 Å². The van der Waals surface area contributed by atoms with Crippen LogP contribution in [0, 0.1) is 0 Å². The van der Waals surface area contributed by atoms with E-state index in [0.29, 0.717) is 6.61 Å². The lowest BCUT2D eigenvalue weighted by molar-refractivity contribution is 0.0510. The molecule has 0 spiro atoms. The molecular formula is C10H9NO3. The summed E-state index contributed by atoms with van der Waals surface area (Å²) in [5.41, 5.74) is 1.01. The molecule has 1 aliphatic heterocycles. The second kappa shape index (κ2) is 3.14. The van der Waals surface area contributed by atoms with E-state index in [2.05, 4.69) is 0 Å². The van der Waals surface area contributed by atoms with Gasteiger partial charge >= 0.3 is 5.97 Å². The fourth-order valence-electron chi connectivity index (χ4n) is 1.42. The third kappa shape index (κ3) is 1.16. The molecule has 0 aromatic carbocycles. The normalized spacial score (nSPS) is 13.1. The highest BCUT2D eigenvalue weighted by atomic mass is 16.5. The van der Waals surface area contributed by atoms with Gasteiger partial charge < -0.3 is 4.74 Å². The lowest BCUT2D eigenvalue weighted by atomic mass is 10.4.